The monoisotopic (exact) mass is 299 g/mol. The highest BCUT2D eigenvalue weighted by Crippen LogP contribution is 2.26. The van der Waals surface area contributed by atoms with Crippen molar-refractivity contribution >= 4 is 22.4 Å². The highest BCUT2D eigenvalue weighted by atomic mass is 35.5. The molecule has 4 heteroatoms. The molecule has 2 aromatic carbocycles. The summed E-state index contributed by atoms with van der Waals surface area (Å²) >= 11 is 5.86. The second-order valence-electron chi connectivity index (χ2n) is 4.71. The molecule has 1 aromatic heterocycles. The van der Waals surface area contributed by atoms with Crippen LogP contribution in [0.1, 0.15) is 11.1 Å². The van der Waals surface area contributed by atoms with Gasteiger partial charge in [-0.2, -0.15) is 0 Å². The molecule has 3 rings (SSSR count). The number of rotatable bonds is 4. The predicted molar refractivity (Wildman–Crippen MR) is 83.4 cm³/mol. The van der Waals surface area contributed by atoms with Crippen LogP contribution in [0.3, 0.4) is 0 Å². The zero-order valence-electron chi connectivity index (χ0n) is 11.3. The minimum absolute atomic E-state index is 0.0367. The highest BCUT2D eigenvalue weighted by molar-refractivity contribution is 6.30. The average molecular weight is 300 g/mol. The van der Waals surface area contributed by atoms with Crippen LogP contribution in [0.15, 0.2) is 54.7 Å². The van der Waals surface area contributed by atoms with E-state index in [0.717, 1.165) is 21.9 Å². The Labute approximate surface area is 127 Å². The first-order chi connectivity index (χ1) is 10.3. The molecule has 0 fully saturated rings. The van der Waals surface area contributed by atoms with Crippen molar-refractivity contribution in [2.24, 2.45) is 0 Å². The van der Waals surface area contributed by atoms with E-state index < -0.39 is 0 Å². The number of halogens is 1. The first-order valence-corrected chi connectivity index (χ1v) is 7.00. The molecule has 0 aliphatic carbocycles. The molecule has 1 heterocycles. The molecular formula is C17H14ClNO2. The number of aliphatic hydroxyl groups is 1. The van der Waals surface area contributed by atoms with E-state index in [0.29, 0.717) is 17.5 Å². The molecule has 0 bridgehead atoms. The molecule has 21 heavy (non-hydrogen) atoms. The Morgan fingerprint density at radius 3 is 2.43 bits per heavy atom. The molecule has 0 unspecified atom stereocenters. The van der Waals surface area contributed by atoms with E-state index in [1.165, 1.54) is 0 Å². The lowest BCUT2D eigenvalue weighted by molar-refractivity contribution is 0.280. The Hall–Kier alpha value is -2.10. The summed E-state index contributed by atoms with van der Waals surface area (Å²) in [6.07, 6.45) is 1.65. The lowest BCUT2D eigenvalue weighted by Gasteiger charge is -2.10. The predicted octanol–water partition coefficient (Wildman–Crippen LogP) is 3.96. The molecule has 0 saturated carbocycles. The molecule has 1 N–H and O–H groups in total. The molecule has 3 aromatic rings. The topological polar surface area (TPSA) is 42.4 Å². The summed E-state index contributed by atoms with van der Waals surface area (Å²) in [7, 11) is 0. The quantitative estimate of drug-likeness (QED) is 0.793. The summed E-state index contributed by atoms with van der Waals surface area (Å²) in [5.74, 6) is 0.567. The van der Waals surface area contributed by atoms with E-state index in [2.05, 4.69) is 4.98 Å². The van der Waals surface area contributed by atoms with Gasteiger partial charge in [0, 0.05) is 22.2 Å². The Balaban J connectivity index is 1.89. The minimum Gasteiger partial charge on any atom is -0.472 e. The second-order valence-corrected chi connectivity index (χ2v) is 5.14. The van der Waals surface area contributed by atoms with Crippen molar-refractivity contribution in [1.82, 2.24) is 4.98 Å². The molecular weight excluding hydrogens is 286 g/mol. The molecule has 0 radical (unpaired) electrons. The van der Waals surface area contributed by atoms with Crippen LogP contribution in [-0.2, 0) is 13.2 Å². The Bertz CT molecular complexity index is 756. The van der Waals surface area contributed by atoms with Crippen LogP contribution in [0.4, 0.5) is 0 Å². The fourth-order valence-electron chi connectivity index (χ4n) is 2.20. The Morgan fingerprint density at radius 1 is 1.00 bits per heavy atom. The molecule has 0 amide bonds. The fourth-order valence-corrected chi connectivity index (χ4v) is 2.32. The van der Waals surface area contributed by atoms with Crippen molar-refractivity contribution in [3.05, 3.63) is 70.9 Å². The van der Waals surface area contributed by atoms with Gasteiger partial charge in [-0.25, -0.2) is 4.98 Å². The van der Waals surface area contributed by atoms with Gasteiger partial charge in [0.15, 0.2) is 0 Å². The van der Waals surface area contributed by atoms with Crippen molar-refractivity contribution in [2.75, 3.05) is 0 Å². The highest BCUT2D eigenvalue weighted by Gasteiger charge is 2.07. The van der Waals surface area contributed by atoms with Gasteiger partial charge in [0.25, 0.3) is 0 Å². The molecule has 3 nitrogen and oxygen atoms in total. The lowest BCUT2D eigenvalue weighted by Crippen LogP contribution is -1.99. The standard InChI is InChI=1S/C17H14ClNO2/c18-14-7-5-12(6-8-14)11-21-17-16-4-2-1-3-15(16)13(10-20)9-19-17/h1-9,20H,10-11H2. The van der Waals surface area contributed by atoms with E-state index in [4.69, 9.17) is 16.3 Å². The van der Waals surface area contributed by atoms with Gasteiger partial charge in [0.05, 0.1) is 6.61 Å². The number of hydrogen-bond donors (Lipinski definition) is 1. The molecule has 0 atom stereocenters. The van der Waals surface area contributed by atoms with Crippen LogP contribution in [0, 0.1) is 0 Å². The van der Waals surface area contributed by atoms with E-state index in [1.54, 1.807) is 6.20 Å². The van der Waals surface area contributed by atoms with Gasteiger partial charge in [-0.3, -0.25) is 0 Å². The Kier molecular flexibility index (Phi) is 4.04. The number of aromatic nitrogens is 1. The van der Waals surface area contributed by atoms with E-state index in [1.807, 2.05) is 48.5 Å². The van der Waals surface area contributed by atoms with E-state index in [9.17, 15) is 5.11 Å². The molecule has 106 valence electrons. The van der Waals surface area contributed by atoms with Crippen molar-refractivity contribution in [1.29, 1.82) is 0 Å². The number of benzene rings is 2. The third-order valence-electron chi connectivity index (χ3n) is 3.30. The van der Waals surface area contributed by atoms with Gasteiger partial charge in [-0.1, -0.05) is 41.9 Å². The van der Waals surface area contributed by atoms with Crippen molar-refractivity contribution in [2.45, 2.75) is 13.2 Å². The maximum Gasteiger partial charge on any atom is 0.221 e. The third-order valence-corrected chi connectivity index (χ3v) is 3.55. The smallest absolute Gasteiger partial charge is 0.221 e. The fraction of sp³-hybridized carbons (Fsp3) is 0.118. The van der Waals surface area contributed by atoms with Crippen molar-refractivity contribution in [3.8, 4) is 5.88 Å². The third kappa shape index (κ3) is 2.99. The minimum atomic E-state index is -0.0367. The van der Waals surface area contributed by atoms with E-state index in [-0.39, 0.29) is 6.61 Å². The molecule has 0 aliphatic rings. The van der Waals surface area contributed by atoms with Crippen LogP contribution in [0.2, 0.25) is 5.02 Å². The van der Waals surface area contributed by atoms with Gasteiger partial charge in [-0.15, -0.1) is 0 Å². The van der Waals surface area contributed by atoms with E-state index >= 15 is 0 Å². The first-order valence-electron chi connectivity index (χ1n) is 6.62. The van der Waals surface area contributed by atoms with Crippen LogP contribution in [0.25, 0.3) is 10.8 Å². The number of fused-ring (bicyclic) bond motifs is 1. The number of nitrogens with zero attached hydrogens (tertiary/aromatic N) is 1. The normalized spacial score (nSPS) is 10.8. The summed E-state index contributed by atoms with van der Waals surface area (Å²) in [5, 5.41) is 11.9. The molecule has 0 spiro atoms. The number of aliphatic hydroxyl groups excluding tert-OH is 1. The average Bonchev–Trinajstić information content (AvgIpc) is 2.54. The maximum absolute atomic E-state index is 9.37. The summed E-state index contributed by atoms with van der Waals surface area (Å²) in [6, 6.07) is 15.3. The SMILES string of the molecule is OCc1cnc(OCc2ccc(Cl)cc2)c2ccccc12. The number of pyridine rings is 1. The van der Waals surface area contributed by atoms with Crippen LogP contribution >= 0.6 is 11.6 Å². The zero-order chi connectivity index (χ0) is 14.7. The van der Waals surface area contributed by atoms with Gasteiger partial charge >= 0.3 is 0 Å². The lowest BCUT2D eigenvalue weighted by atomic mass is 10.1. The van der Waals surface area contributed by atoms with Gasteiger partial charge in [0.1, 0.15) is 6.61 Å². The maximum atomic E-state index is 9.37. The second kappa shape index (κ2) is 6.12. The summed E-state index contributed by atoms with van der Waals surface area (Å²) in [4.78, 5) is 4.30. The van der Waals surface area contributed by atoms with Gasteiger partial charge < -0.3 is 9.84 Å². The first kappa shape index (κ1) is 13.9. The van der Waals surface area contributed by atoms with Crippen molar-refractivity contribution in [3.63, 3.8) is 0 Å². The number of hydrogen-bond acceptors (Lipinski definition) is 3. The van der Waals surface area contributed by atoms with Gasteiger partial charge in [-0.05, 0) is 29.1 Å². The van der Waals surface area contributed by atoms with Crippen LogP contribution in [-0.4, -0.2) is 10.1 Å². The zero-order valence-corrected chi connectivity index (χ0v) is 12.0. The van der Waals surface area contributed by atoms with Crippen LogP contribution < -0.4 is 4.74 Å². The summed E-state index contributed by atoms with van der Waals surface area (Å²) < 4.78 is 5.81. The summed E-state index contributed by atoms with van der Waals surface area (Å²) in [6.45, 7) is 0.387. The van der Waals surface area contributed by atoms with Crippen molar-refractivity contribution < 1.29 is 9.84 Å². The number of ether oxygens (including phenoxy) is 1. The molecule has 0 aliphatic heterocycles. The summed E-state index contributed by atoms with van der Waals surface area (Å²) in [5.41, 5.74) is 1.82. The largest absolute Gasteiger partial charge is 0.472 e. The molecule has 0 saturated heterocycles. The van der Waals surface area contributed by atoms with Crippen LogP contribution in [0.5, 0.6) is 5.88 Å². The Morgan fingerprint density at radius 2 is 1.71 bits per heavy atom. The van der Waals surface area contributed by atoms with Gasteiger partial charge in [0.2, 0.25) is 5.88 Å².